The van der Waals surface area contributed by atoms with Crippen LogP contribution in [0.3, 0.4) is 0 Å². The van der Waals surface area contributed by atoms with Crippen LogP contribution in [0.5, 0.6) is 11.5 Å². The van der Waals surface area contributed by atoms with Gasteiger partial charge in [0.05, 0.1) is 0 Å². The third-order valence-electron chi connectivity index (χ3n) is 4.05. The van der Waals surface area contributed by atoms with E-state index in [-0.39, 0.29) is 0 Å². The largest absolute Gasteiger partial charge is 0.454 e. The van der Waals surface area contributed by atoms with Gasteiger partial charge in [0, 0.05) is 24.8 Å². The quantitative estimate of drug-likeness (QED) is 0.825. The highest BCUT2D eigenvalue weighted by molar-refractivity contribution is 5.57. The average molecular weight is 262 g/mol. The van der Waals surface area contributed by atoms with Gasteiger partial charge in [-0.3, -0.25) is 0 Å². The lowest BCUT2D eigenvalue weighted by Crippen LogP contribution is -2.19. The molecule has 1 N–H and O–H groups in total. The van der Waals surface area contributed by atoms with Gasteiger partial charge in [0.1, 0.15) is 0 Å². The maximum atomic E-state index is 5.45. The molecule has 2 aliphatic heterocycles. The maximum Gasteiger partial charge on any atom is 0.231 e. The third kappa shape index (κ3) is 2.78. The van der Waals surface area contributed by atoms with Gasteiger partial charge in [-0.15, -0.1) is 0 Å². The zero-order valence-electron chi connectivity index (χ0n) is 11.5. The molecule has 1 unspecified atom stereocenters. The summed E-state index contributed by atoms with van der Waals surface area (Å²) in [4.78, 5) is 2.46. The molecular formula is C15H22N2O2. The summed E-state index contributed by atoms with van der Waals surface area (Å²) < 4.78 is 10.8. The maximum absolute atomic E-state index is 5.45. The first-order valence-corrected chi connectivity index (χ1v) is 7.16. The van der Waals surface area contributed by atoms with Crippen LogP contribution in [0.1, 0.15) is 19.3 Å². The number of hydrogen-bond acceptors (Lipinski definition) is 4. The molecule has 1 aromatic carbocycles. The number of rotatable bonds is 5. The predicted molar refractivity (Wildman–Crippen MR) is 76.0 cm³/mol. The SMILES string of the molecule is CNCCCC1CCN(c2ccc3c(c2)OCO3)C1. The van der Waals surface area contributed by atoms with Gasteiger partial charge in [-0.25, -0.2) is 0 Å². The summed E-state index contributed by atoms with van der Waals surface area (Å²) in [6.07, 6.45) is 3.90. The van der Waals surface area contributed by atoms with Gasteiger partial charge in [-0.2, -0.15) is 0 Å². The van der Waals surface area contributed by atoms with Gasteiger partial charge >= 0.3 is 0 Å². The fourth-order valence-electron chi connectivity index (χ4n) is 2.95. The fraction of sp³-hybridized carbons (Fsp3) is 0.600. The topological polar surface area (TPSA) is 33.7 Å². The van der Waals surface area contributed by atoms with Crippen LogP contribution in [0, 0.1) is 5.92 Å². The Labute approximate surface area is 114 Å². The van der Waals surface area contributed by atoms with E-state index in [4.69, 9.17) is 9.47 Å². The monoisotopic (exact) mass is 262 g/mol. The molecule has 3 rings (SSSR count). The lowest BCUT2D eigenvalue weighted by Gasteiger charge is -2.19. The van der Waals surface area contributed by atoms with Gasteiger partial charge in [0.2, 0.25) is 6.79 Å². The summed E-state index contributed by atoms with van der Waals surface area (Å²) in [5.41, 5.74) is 1.26. The van der Waals surface area contributed by atoms with Crippen molar-refractivity contribution in [2.24, 2.45) is 5.92 Å². The molecule has 0 aliphatic carbocycles. The van der Waals surface area contributed by atoms with Crippen molar-refractivity contribution in [1.29, 1.82) is 0 Å². The van der Waals surface area contributed by atoms with Crippen molar-refractivity contribution < 1.29 is 9.47 Å². The molecule has 0 saturated carbocycles. The average Bonchev–Trinajstić information content (AvgIpc) is 3.06. The van der Waals surface area contributed by atoms with E-state index in [0.717, 1.165) is 30.5 Å². The summed E-state index contributed by atoms with van der Waals surface area (Å²) in [7, 11) is 2.02. The van der Waals surface area contributed by atoms with E-state index in [1.54, 1.807) is 0 Å². The number of fused-ring (bicyclic) bond motifs is 1. The summed E-state index contributed by atoms with van der Waals surface area (Å²) in [5, 5.41) is 3.22. The van der Waals surface area contributed by atoms with Gasteiger partial charge in [0.15, 0.2) is 11.5 Å². The molecule has 4 nitrogen and oxygen atoms in total. The summed E-state index contributed by atoms with van der Waals surface area (Å²) >= 11 is 0. The summed E-state index contributed by atoms with van der Waals surface area (Å²) in [6, 6.07) is 6.27. The van der Waals surface area contributed by atoms with Crippen molar-refractivity contribution in [2.75, 3.05) is 38.4 Å². The highest BCUT2D eigenvalue weighted by Gasteiger charge is 2.23. The zero-order valence-corrected chi connectivity index (χ0v) is 11.5. The van der Waals surface area contributed by atoms with Crippen molar-refractivity contribution >= 4 is 5.69 Å². The Kier molecular flexibility index (Phi) is 3.78. The standard InChI is InChI=1S/C15H22N2O2/c1-16-7-2-3-12-6-8-17(10-12)13-4-5-14-15(9-13)19-11-18-14/h4-5,9,12,16H,2-3,6-8,10-11H2,1H3. The van der Waals surface area contributed by atoms with E-state index in [9.17, 15) is 0 Å². The molecule has 0 amide bonds. The molecule has 1 aromatic rings. The van der Waals surface area contributed by atoms with Gasteiger partial charge in [-0.1, -0.05) is 0 Å². The van der Waals surface area contributed by atoms with E-state index < -0.39 is 0 Å². The molecule has 1 saturated heterocycles. The zero-order chi connectivity index (χ0) is 13.1. The third-order valence-corrected chi connectivity index (χ3v) is 4.05. The van der Waals surface area contributed by atoms with Gasteiger partial charge in [0.25, 0.3) is 0 Å². The molecule has 0 radical (unpaired) electrons. The second kappa shape index (κ2) is 5.70. The minimum atomic E-state index is 0.353. The normalized spacial score (nSPS) is 21.1. The second-order valence-electron chi connectivity index (χ2n) is 5.38. The number of nitrogens with zero attached hydrogens (tertiary/aromatic N) is 1. The summed E-state index contributed by atoms with van der Waals surface area (Å²) in [5.74, 6) is 2.59. The molecule has 2 heterocycles. The number of ether oxygens (including phenoxy) is 2. The molecule has 4 heteroatoms. The van der Waals surface area contributed by atoms with Crippen LogP contribution in [0.2, 0.25) is 0 Å². The van der Waals surface area contributed by atoms with E-state index in [1.165, 1.54) is 31.5 Å². The number of anilines is 1. The van der Waals surface area contributed by atoms with E-state index >= 15 is 0 Å². The molecule has 0 aromatic heterocycles. The first-order valence-electron chi connectivity index (χ1n) is 7.16. The van der Waals surface area contributed by atoms with Crippen LogP contribution >= 0.6 is 0 Å². The Morgan fingerprint density at radius 1 is 1.32 bits per heavy atom. The minimum absolute atomic E-state index is 0.353. The highest BCUT2D eigenvalue weighted by atomic mass is 16.7. The van der Waals surface area contributed by atoms with Crippen molar-refractivity contribution in [3.63, 3.8) is 0 Å². The molecular weight excluding hydrogens is 240 g/mol. The van der Waals surface area contributed by atoms with Crippen molar-refractivity contribution in [3.8, 4) is 11.5 Å². The van der Waals surface area contributed by atoms with E-state index in [2.05, 4.69) is 22.3 Å². The van der Waals surface area contributed by atoms with Gasteiger partial charge in [-0.05, 0) is 50.9 Å². The number of benzene rings is 1. The van der Waals surface area contributed by atoms with Crippen LogP contribution in [0.15, 0.2) is 18.2 Å². The summed E-state index contributed by atoms with van der Waals surface area (Å²) in [6.45, 7) is 3.80. The van der Waals surface area contributed by atoms with E-state index in [1.807, 2.05) is 13.1 Å². The smallest absolute Gasteiger partial charge is 0.231 e. The molecule has 0 spiro atoms. The van der Waals surface area contributed by atoms with Crippen molar-refractivity contribution in [3.05, 3.63) is 18.2 Å². The Hall–Kier alpha value is -1.42. The lowest BCUT2D eigenvalue weighted by molar-refractivity contribution is 0.174. The minimum Gasteiger partial charge on any atom is -0.454 e. The van der Waals surface area contributed by atoms with Gasteiger partial charge < -0.3 is 19.7 Å². The highest BCUT2D eigenvalue weighted by Crippen LogP contribution is 2.37. The van der Waals surface area contributed by atoms with E-state index in [0.29, 0.717) is 6.79 Å². The first-order chi connectivity index (χ1) is 9.36. The van der Waals surface area contributed by atoms with Crippen LogP contribution in [-0.4, -0.2) is 33.5 Å². The fourth-order valence-corrected chi connectivity index (χ4v) is 2.95. The second-order valence-corrected chi connectivity index (χ2v) is 5.38. The molecule has 1 fully saturated rings. The lowest BCUT2D eigenvalue weighted by atomic mass is 10.0. The Morgan fingerprint density at radius 3 is 3.11 bits per heavy atom. The van der Waals surface area contributed by atoms with Crippen LogP contribution in [0.4, 0.5) is 5.69 Å². The Balaban J connectivity index is 1.58. The number of nitrogens with one attached hydrogen (secondary N) is 1. The van der Waals surface area contributed by atoms with Crippen molar-refractivity contribution in [1.82, 2.24) is 5.32 Å². The van der Waals surface area contributed by atoms with Crippen LogP contribution in [0.25, 0.3) is 0 Å². The Morgan fingerprint density at radius 2 is 2.21 bits per heavy atom. The van der Waals surface area contributed by atoms with Crippen LogP contribution < -0.4 is 19.7 Å². The number of hydrogen-bond donors (Lipinski definition) is 1. The molecule has 2 aliphatic rings. The first kappa shape index (κ1) is 12.6. The van der Waals surface area contributed by atoms with Crippen molar-refractivity contribution in [2.45, 2.75) is 19.3 Å². The molecule has 0 bridgehead atoms. The molecule has 104 valence electrons. The molecule has 19 heavy (non-hydrogen) atoms. The molecule has 1 atom stereocenters. The predicted octanol–water partition coefficient (Wildman–Crippen LogP) is 2.24. The Bertz CT molecular complexity index is 436. The van der Waals surface area contributed by atoms with Crippen LogP contribution in [-0.2, 0) is 0 Å².